The van der Waals surface area contributed by atoms with Gasteiger partial charge < -0.3 is 0 Å². The highest BCUT2D eigenvalue weighted by molar-refractivity contribution is 14.1. The van der Waals surface area contributed by atoms with Gasteiger partial charge in [-0.1, -0.05) is 31.9 Å². The van der Waals surface area contributed by atoms with Gasteiger partial charge in [-0.15, -0.1) is 0 Å². The molecule has 0 unspecified atom stereocenters. The fraction of sp³-hybridized carbons (Fsp3) is 0.588. The van der Waals surface area contributed by atoms with Crippen LogP contribution in [0.15, 0.2) is 24.3 Å². The number of rotatable bonds is 5. The van der Waals surface area contributed by atoms with E-state index >= 15 is 0 Å². The summed E-state index contributed by atoms with van der Waals surface area (Å²) in [6.07, 6.45) is 8.01. The highest BCUT2D eigenvalue weighted by atomic mass is 127. The second-order valence-corrected chi connectivity index (χ2v) is 7.02. The SMILES string of the molecule is CCCC1CCC(C(=O)Cc2ccc(I)cc2)CC1. The normalized spacial score (nSPS) is 23.3. The molecular formula is C17H23IO. The number of halogens is 1. The zero-order valence-electron chi connectivity index (χ0n) is 11.7. The van der Waals surface area contributed by atoms with E-state index in [4.69, 9.17) is 0 Å². The highest BCUT2D eigenvalue weighted by Gasteiger charge is 2.25. The molecule has 0 saturated heterocycles. The molecule has 0 spiro atoms. The van der Waals surface area contributed by atoms with Gasteiger partial charge in [0.2, 0.25) is 0 Å². The van der Waals surface area contributed by atoms with Gasteiger partial charge in [-0.3, -0.25) is 4.79 Å². The van der Waals surface area contributed by atoms with Crippen LogP contribution in [0.5, 0.6) is 0 Å². The summed E-state index contributed by atoms with van der Waals surface area (Å²) in [5.74, 6) is 1.66. The largest absolute Gasteiger partial charge is 0.299 e. The summed E-state index contributed by atoms with van der Waals surface area (Å²) in [6.45, 7) is 2.26. The summed E-state index contributed by atoms with van der Waals surface area (Å²) >= 11 is 2.30. The Morgan fingerprint density at radius 2 is 1.79 bits per heavy atom. The highest BCUT2D eigenvalue weighted by Crippen LogP contribution is 2.32. The van der Waals surface area contributed by atoms with Crippen molar-refractivity contribution in [2.75, 3.05) is 0 Å². The van der Waals surface area contributed by atoms with Crippen molar-refractivity contribution in [3.8, 4) is 0 Å². The van der Waals surface area contributed by atoms with Crippen molar-refractivity contribution in [3.63, 3.8) is 0 Å². The van der Waals surface area contributed by atoms with Gasteiger partial charge in [0.25, 0.3) is 0 Å². The van der Waals surface area contributed by atoms with E-state index in [1.54, 1.807) is 0 Å². The Labute approximate surface area is 130 Å². The zero-order chi connectivity index (χ0) is 13.7. The van der Waals surface area contributed by atoms with Gasteiger partial charge in [0.05, 0.1) is 0 Å². The molecule has 0 aliphatic heterocycles. The maximum atomic E-state index is 12.3. The van der Waals surface area contributed by atoms with Crippen LogP contribution in [-0.2, 0) is 11.2 Å². The molecule has 1 nitrogen and oxygen atoms in total. The smallest absolute Gasteiger partial charge is 0.140 e. The molecule has 19 heavy (non-hydrogen) atoms. The molecule has 104 valence electrons. The van der Waals surface area contributed by atoms with Crippen LogP contribution in [0.3, 0.4) is 0 Å². The molecule has 0 atom stereocenters. The third-order valence-electron chi connectivity index (χ3n) is 4.29. The Kier molecular flexibility index (Phi) is 5.86. The molecule has 1 aliphatic rings. The van der Waals surface area contributed by atoms with E-state index in [9.17, 15) is 4.79 Å². The number of carbonyl (C=O) groups excluding carboxylic acids is 1. The van der Waals surface area contributed by atoms with Gasteiger partial charge in [0, 0.05) is 15.9 Å². The quantitative estimate of drug-likeness (QED) is 0.666. The Morgan fingerprint density at radius 1 is 1.16 bits per heavy atom. The molecule has 0 bridgehead atoms. The summed E-state index contributed by atoms with van der Waals surface area (Å²) in [4.78, 5) is 12.3. The van der Waals surface area contributed by atoms with Gasteiger partial charge >= 0.3 is 0 Å². The van der Waals surface area contributed by atoms with Crippen LogP contribution in [0.4, 0.5) is 0 Å². The molecule has 0 N–H and O–H groups in total. The van der Waals surface area contributed by atoms with E-state index in [-0.39, 0.29) is 0 Å². The molecule has 1 aromatic rings. The first-order valence-electron chi connectivity index (χ1n) is 7.46. The molecule has 1 aromatic carbocycles. The fourth-order valence-electron chi connectivity index (χ4n) is 3.13. The third-order valence-corrected chi connectivity index (χ3v) is 5.01. The average molecular weight is 370 g/mol. The van der Waals surface area contributed by atoms with Crippen LogP contribution in [0, 0.1) is 15.4 Å². The molecule has 0 aromatic heterocycles. The number of carbonyl (C=O) groups is 1. The predicted molar refractivity (Wildman–Crippen MR) is 88.2 cm³/mol. The van der Waals surface area contributed by atoms with Crippen molar-refractivity contribution in [2.24, 2.45) is 11.8 Å². The Bertz CT molecular complexity index is 402. The third kappa shape index (κ3) is 4.59. The van der Waals surface area contributed by atoms with E-state index in [1.807, 2.05) is 0 Å². The molecule has 0 amide bonds. The first kappa shape index (κ1) is 15.0. The minimum Gasteiger partial charge on any atom is -0.299 e. The molecule has 0 radical (unpaired) electrons. The Hall–Kier alpha value is -0.380. The molecular weight excluding hydrogens is 347 g/mol. The minimum atomic E-state index is 0.326. The second-order valence-electron chi connectivity index (χ2n) is 5.78. The lowest BCUT2D eigenvalue weighted by Crippen LogP contribution is -2.23. The van der Waals surface area contributed by atoms with Crippen molar-refractivity contribution in [1.29, 1.82) is 0 Å². The number of benzene rings is 1. The van der Waals surface area contributed by atoms with Crippen molar-refractivity contribution >= 4 is 28.4 Å². The molecule has 1 aliphatic carbocycles. The van der Waals surface area contributed by atoms with Gasteiger partial charge in [0.15, 0.2) is 0 Å². The van der Waals surface area contributed by atoms with Crippen molar-refractivity contribution < 1.29 is 4.79 Å². The van der Waals surface area contributed by atoms with E-state index < -0.39 is 0 Å². The number of hydrogen-bond donors (Lipinski definition) is 0. The van der Waals surface area contributed by atoms with E-state index in [1.165, 1.54) is 34.8 Å². The number of Topliss-reactive ketones (excluding diaryl/α,β-unsaturated/α-hetero) is 1. The van der Waals surface area contributed by atoms with Crippen molar-refractivity contribution in [2.45, 2.75) is 51.9 Å². The van der Waals surface area contributed by atoms with Crippen LogP contribution < -0.4 is 0 Å². The topological polar surface area (TPSA) is 17.1 Å². The summed E-state index contributed by atoms with van der Waals surface area (Å²) in [6, 6.07) is 8.34. The van der Waals surface area contributed by atoms with Gasteiger partial charge in [-0.2, -0.15) is 0 Å². The molecule has 2 heteroatoms. The second kappa shape index (κ2) is 7.41. The first-order valence-corrected chi connectivity index (χ1v) is 8.54. The summed E-state index contributed by atoms with van der Waals surface area (Å²) < 4.78 is 1.23. The summed E-state index contributed by atoms with van der Waals surface area (Å²) in [5.41, 5.74) is 1.17. The monoisotopic (exact) mass is 370 g/mol. The van der Waals surface area contributed by atoms with E-state index in [2.05, 4.69) is 53.8 Å². The average Bonchev–Trinajstić information content (AvgIpc) is 2.42. The van der Waals surface area contributed by atoms with Crippen LogP contribution in [-0.4, -0.2) is 5.78 Å². The Morgan fingerprint density at radius 3 is 2.37 bits per heavy atom. The van der Waals surface area contributed by atoms with Gasteiger partial charge in [0.1, 0.15) is 5.78 Å². The lowest BCUT2D eigenvalue weighted by molar-refractivity contribution is -0.123. The lowest BCUT2D eigenvalue weighted by Gasteiger charge is -2.27. The maximum absolute atomic E-state index is 12.3. The molecule has 2 rings (SSSR count). The first-order chi connectivity index (χ1) is 9.19. The number of hydrogen-bond acceptors (Lipinski definition) is 1. The van der Waals surface area contributed by atoms with Crippen LogP contribution >= 0.6 is 22.6 Å². The van der Waals surface area contributed by atoms with Gasteiger partial charge in [-0.05, 0) is 71.9 Å². The standard InChI is InChI=1S/C17H23IO/c1-2-3-13-4-8-15(9-5-13)17(19)12-14-6-10-16(18)11-7-14/h6-7,10-11,13,15H,2-5,8-9,12H2,1H3. The lowest BCUT2D eigenvalue weighted by atomic mass is 9.77. The van der Waals surface area contributed by atoms with Crippen LogP contribution in [0.2, 0.25) is 0 Å². The van der Waals surface area contributed by atoms with Crippen molar-refractivity contribution in [1.82, 2.24) is 0 Å². The molecule has 0 heterocycles. The molecule has 1 saturated carbocycles. The van der Waals surface area contributed by atoms with E-state index in [0.717, 1.165) is 18.8 Å². The van der Waals surface area contributed by atoms with Crippen molar-refractivity contribution in [3.05, 3.63) is 33.4 Å². The minimum absolute atomic E-state index is 0.326. The van der Waals surface area contributed by atoms with Crippen LogP contribution in [0.1, 0.15) is 51.0 Å². The van der Waals surface area contributed by atoms with E-state index in [0.29, 0.717) is 18.1 Å². The Balaban J connectivity index is 1.83. The zero-order valence-corrected chi connectivity index (χ0v) is 13.9. The molecule has 1 fully saturated rings. The predicted octanol–water partition coefficient (Wildman–Crippen LogP) is 5.01. The maximum Gasteiger partial charge on any atom is 0.140 e. The number of ketones is 1. The summed E-state index contributed by atoms with van der Waals surface area (Å²) in [5, 5.41) is 0. The van der Waals surface area contributed by atoms with Gasteiger partial charge in [-0.25, -0.2) is 0 Å². The summed E-state index contributed by atoms with van der Waals surface area (Å²) in [7, 11) is 0. The van der Waals surface area contributed by atoms with Crippen LogP contribution in [0.25, 0.3) is 0 Å². The fourth-order valence-corrected chi connectivity index (χ4v) is 3.49.